The van der Waals surface area contributed by atoms with Crippen LogP contribution in [0, 0.1) is 6.92 Å². The van der Waals surface area contributed by atoms with E-state index in [-0.39, 0.29) is 5.92 Å². The number of oxazole rings is 1. The van der Waals surface area contributed by atoms with Gasteiger partial charge in [-0.25, -0.2) is 9.97 Å². The first-order valence-corrected chi connectivity index (χ1v) is 6.23. The number of fused-ring (bicyclic) bond motifs is 1. The standard InChI is InChI=1S/C14H16N4O/c1-9-17-12-4-3-10(7-13(12)19-9)11(8-15)14-16-5-6-18(14)2/h3-7,11H,8,15H2,1-2H3. The van der Waals surface area contributed by atoms with Gasteiger partial charge in [-0.15, -0.1) is 0 Å². The van der Waals surface area contributed by atoms with E-state index < -0.39 is 0 Å². The molecule has 3 rings (SSSR count). The van der Waals surface area contributed by atoms with Crippen molar-refractivity contribution < 1.29 is 4.42 Å². The summed E-state index contributed by atoms with van der Waals surface area (Å²) in [5.74, 6) is 1.70. The highest BCUT2D eigenvalue weighted by Crippen LogP contribution is 2.26. The number of benzene rings is 1. The van der Waals surface area contributed by atoms with Gasteiger partial charge in [0.2, 0.25) is 0 Å². The molecule has 0 spiro atoms. The third-order valence-electron chi connectivity index (χ3n) is 3.33. The molecule has 98 valence electrons. The van der Waals surface area contributed by atoms with Crippen molar-refractivity contribution in [2.24, 2.45) is 12.8 Å². The normalized spacial score (nSPS) is 13.0. The first-order valence-electron chi connectivity index (χ1n) is 6.23. The van der Waals surface area contributed by atoms with E-state index in [4.69, 9.17) is 10.2 Å². The lowest BCUT2D eigenvalue weighted by atomic mass is 9.98. The van der Waals surface area contributed by atoms with Gasteiger partial charge in [0.05, 0.1) is 5.92 Å². The van der Waals surface area contributed by atoms with E-state index in [2.05, 4.69) is 9.97 Å². The lowest BCUT2D eigenvalue weighted by molar-refractivity contribution is 0.560. The molecule has 5 nitrogen and oxygen atoms in total. The molecule has 0 aliphatic carbocycles. The average Bonchev–Trinajstić information content (AvgIpc) is 2.95. The number of aromatic nitrogens is 3. The van der Waals surface area contributed by atoms with E-state index in [0.29, 0.717) is 12.4 Å². The minimum absolute atomic E-state index is 0.0646. The molecule has 0 radical (unpaired) electrons. The number of hydrogen-bond acceptors (Lipinski definition) is 4. The monoisotopic (exact) mass is 256 g/mol. The molecule has 3 aromatic rings. The predicted molar refractivity (Wildman–Crippen MR) is 72.9 cm³/mol. The minimum Gasteiger partial charge on any atom is -0.441 e. The van der Waals surface area contributed by atoms with Crippen LogP contribution >= 0.6 is 0 Å². The lowest BCUT2D eigenvalue weighted by Crippen LogP contribution is -2.17. The number of aryl methyl sites for hydroxylation is 2. The van der Waals surface area contributed by atoms with Gasteiger partial charge >= 0.3 is 0 Å². The van der Waals surface area contributed by atoms with Crippen molar-refractivity contribution in [1.29, 1.82) is 0 Å². The third kappa shape index (κ3) is 2.02. The minimum atomic E-state index is 0.0646. The molecule has 0 amide bonds. The zero-order valence-corrected chi connectivity index (χ0v) is 11.0. The number of imidazole rings is 1. The molecule has 0 aliphatic heterocycles. The van der Waals surface area contributed by atoms with Crippen LogP contribution in [-0.4, -0.2) is 21.1 Å². The third-order valence-corrected chi connectivity index (χ3v) is 3.33. The summed E-state index contributed by atoms with van der Waals surface area (Å²) in [6.07, 6.45) is 3.71. The van der Waals surface area contributed by atoms with E-state index in [1.807, 2.05) is 42.9 Å². The quantitative estimate of drug-likeness (QED) is 0.777. The summed E-state index contributed by atoms with van der Waals surface area (Å²) >= 11 is 0. The summed E-state index contributed by atoms with van der Waals surface area (Å²) in [7, 11) is 1.97. The topological polar surface area (TPSA) is 69.9 Å². The molecule has 0 bridgehead atoms. The van der Waals surface area contributed by atoms with E-state index in [9.17, 15) is 0 Å². The maximum atomic E-state index is 5.91. The molecule has 0 saturated carbocycles. The molecule has 5 heteroatoms. The first-order chi connectivity index (χ1) is 9.19. The van der Waals surface area contributed by atoms with Crippen molar-refractivity contribution in [1.82, 2.24) is 14.5 Å². The highest BCUT2D eigenvalue weighted by atomic mass is 16.3. The summed E-state index contributed by atoms with van der Waals surface area (Å²) in [6, 6.07) is 6.00. The predicted octanol–water partition coefficient (Wildman–Crippen LogP) is 1.96. The highest BCUT2D eigenvalue weighted by Gasteiger charge is 2.17. The molecule has 0 fully saturated rings. The number of hydrogen-bond donors (Lipinski definition) is 1. The summed E-state index contributed by atoms with van der Waals surface area (Å²) in [6.45, 7) is 2.35. The Labute approximate surface area is 111 Å². The van der Waals surface area contributed by atoms with Gasteiger partial charge in [-0.3, -0.25) is 0 Å². The second kappa shape index (κ2) is 4.51. The van der Waals surface area contributed by atoms with Crippen molar-refractivity contribution in [3.05, 3.63) is 47.9 Å². The Balaban J connectivity index is 2.08. The van der Waals surface area contributed by atoms with Gasteiger partial charge in [0.1, 0.15) is 11.3 Å². The Bertz CT molecular complexity index is 713. The van der Waals surface area contributed by atoms with E-state index in [0.717, 1.165) is 22.5 Å². The molecule has 2 N–H and O–H groups in total. The van der Waals surface area contributed by atoms with Crippen LogP contribution in [0.2, 0.25) is 0 Å². The summed E-state index contributed by atoms with van der Waals surface area (Å²) in [5.41, 5.74) is 8.68. The smallest absolute Gasteiger partial charge is 0.192 e. The lowest BCUT2D eigenvalue weighted by Gasteiger charge is -2.14. The van der Waals surface area contributed by atoms with Gasteiger partial charge < -0.3 is 14.7 Å². The van der Waals surface area contributed by atoms with Gasteiger partial charge in [-0.1, -0.05) is 6.07 Å². The second-order valence-electron chi connectivity index (χ2n) is 4.64. The van der Waals surface area contributed by atoms with Crippen LogP contribution in [0.3, 0.4) is 0 Å². The maximum absolute atomic E-state index is 5.91. The molecule has 2 heterocycles. The number of nitrogens with zero attached hydrogens (tertiary/aromatic N) is 3. The first kappa shape index (κ1) is 11.9. The Morgan fingerprint density at radius 1 is 1.42 bits per heavy atom. The molecular formula is C14H16N4O. The van der Waals surface area contributed by atoms with Crippen molar-refractivity contribution in [3.8, 4) is 0 Å². The molecule has 2 aromatic heterocycles. The highest BCUT2D eigenvalue weighted by molar-refractivity contribution is 5.73. The maximum Gasteiger partial charge on any atom is 0.192 e. The van der Waals surface area contributed by atoms with Crippen LogP contribution in [0.1, 0.15) is 23.2 Å². The Morgan fingerprint density at radius 3 is 2.95 bits per heavy atom. The van der Waals surface area contributed by atoms with E-state index in [1.165, 1.54) is 0 Å². The molecule has 0 saturated heterocycles. The van der Waals surface area contributed by atoms with Crippen LogP contribution in [0.15, 0.2) is 35.0 Å². The molecule has 19 heavy (non-hydrogen) atoms. The molecule has 0 aliphatic rings. The van der Waals surface area contributed by atoms with E-state index >= 15 is 0 Å². The van der Waals surface area contributed by atoms with Gasteiger partial charge in [0.25, 0.3) is 0 Å². The zero-order valence-electron chi connectivity index (χ0n) is 11.0. The summed E-state index contributed by atoms with van der Waals surface area (Å²) in [5, 5.41) is 0. The number of nitrogens with two attached hydrogens (primary N) is 1. The van der Waals surface area contributed by atoms with Crippen molar-refractivity contribution in [3.63, 3.8) is 0 Å². The second-order valence-corrected chi connectivity index (χ2v) is 4.64. The van der Waals surface area contributed by atoms with Crippen LogP contribution in [-0.2, 0) is 7.05 Å². The van der Waals surface area contributed by atoms with Crippen molar-refractivity contribution >= 4 is 11.1 Å². The Kier molecular flexibility index (Phi) is 2.83. The van der Waals surface area contributed by atoms with Crippen LogP contribution < -0.4 is 5.73 Å². The van der Waals surface area contributed by atoms with E-state index in [1.54, 1.807) is 6.20 Å². The van der Waals surface area contributed by atoms with Gasteiger partial charge in [0, 0.05) is 32.9 Å². The fraction of sp³-hybridized carbons (Fsp3) is 0.286. The summed E-state index contributed by atoms with van der Waals surface area (Å²) < 4.78 is 7.57. The number of rotatable bonds is 3. The van der Waals surface area contributed by atoms with Crippen molar-refractivity contribution in [2.45, 2.75) is 12.8 Å². The van der Waals surface area contributed by atoms with Gasteiger partial charge in [-0.05, 0) is 17.7 Å². The van der Waals surface area contributed by atoms with Crippen LogP contribution in [0.5, 0.6) is 0 Å². The Hall–Kier alpha value is -2.14. The molecule has 1 unspecified atom stereocenters. The SMILES string of the molecule is Cc1nc2ccc(C(CN)c3nccn3C)cc2o1. The fourth-order valence-electron chi connectivity index (χ4n) is 2.38. The molecule has 1 aromatic carbocycles. The van der Waals surface area contributed by atoms with Crippen LogP contribution in [0.25, 0.3) is 11.1 Å². The van der Waals surface area contributed by atoms with Gasteiger partial charge in [0.15, 0.2) is 11.5 Å². The average molecular weight is 256 g/mol. The Morgan fingerprint density at radius 2 is 2.26 bits per heavy atom. The fourth-order valence-corrected chi connectivity index (χ4v) is 2.38. The summed E-state index contributed by atoms with van der Waals surface area (Å²) in [4.78, 5) is 8.69. The van der Waals surface area contributed by atoms with Gasteiger partial charge in [-0.2, -0.15) is 0 Å². The van der Waals surface area contributed by atoms with Crippen molar-refractivity contribution in [2.75, 3.05) is 6.54 Å². The zero-order chi connectivity index (χ0) is 13.4. The van der Waals surface area contributed by atoms with Crippen LogP contribution in [0.4, 0.5) is 0 Å². The molecular weight excluding hydrogens is 240 g/mol. The molecule has 1 atom stereocenters. The largest absolute Gasteiger partial charge is 0.441 e.